The Morgan fingerprint density at radius 3 is 2.80 bits per heavy atom. The largest absolute Gasteiger partial charge is 0.303 e. The van der Waals surface area contributed by atoms with Gasteiger partial charge in [-0.05, 0) is 30.9 Å². The normalized spacial score (nSPS) is 24.3. The van der Waals surface area contributed by atoms with Crippen molar-refractivity contribution in [1.82, 2.24) is 0 Å². The molecule has 2 rings (SSSR count). The first-order valence-electron chi connectivity index (χ1n) is 5.27. The number of benzene rings is 1. The van der Waals surface area contributed by atoms with Crippen molar-refractivity contribution in [3.63, 3.8) is 0 Å². The SMILES string of the molecule is CC(=O)C1CCc2ccccc2C1C=O. The van der Waals surface area contributed by atoms with Crippen LogP contribution in [0.2, 0.25) is 0 Å². The van der Waals surface area contributed by atoms with Gasteiger partial charge in [-0.2, -0.15) is 0 Å². The Balaban J connectivity index is 2.43. The number of Topliss-reactive ketones (excluding diaryl/α,β-unsaturated/α-hetero) is 1. The third-order valence-electron chi connectivity index (χ3n) is 3.24. The van der Waals surface area contributed by atoms with Gasteiger partial charge in [0.1, 0.15) is 12.1 Å². The Hall–Kier alpha value is -1.44. The third-order valence-corrected chi connectivity index (χ3v) is 3.24. The molecule has 2 nitrogen and oxygen atoms in total. The maximum atomic E-state index is 11.4. The van der Waals surface area contributed by atoms with E-state index in [-0.39, 0.29) is 17.6 Å². The van der Waals surface area contributed by atoms with Gasteiger partial charge in [-0.15, -0.1) is 0 Å². The average molecular weight is 202 g/mol. The van der Waals surface area contributed by atoms with Crippen LogP contribution in [0.25, 0.3) is 0 Å². The molecular formula is C13H14O2. The number of ketones is 1. The maximum absolute atomic E-state index is 11.4. The summed E-state index contributed by atoms with van der Waals surface area (Å²) in [7, 11) is 0. The van der Waals surface area contributed by atoms with E-state index in [4.69, 9.17) is 0 Å². The molecule has 1 aliphatic rings. The fourth-order valence-electron chi connectivity index (χ4n) is 2.42. The van der Waals surface area contributed by atoms with Crippen LogP contribution >= 0.6 is 0 Å². The summed E-state index contributed by atoms with van der Waals surface area (Å²) >= 11 is 0. The second-order valence-corrected chi connectivity index (χ2v) is 4.12. The molecule has 1 aromatic carbocycles. The summed E-state index contributed by atoms with van der Waals surface area (Å²) in [6, 6.07) is 7.92. The predicted octanol–water partition coefficient (Wildman–Crippen LogP) is 2.12. The van der Waals surface area contributed by atoms with Crippen LogP contribution in [0.3, 0.4) is 0 Å². The Morgan fingerprint density at radius 1 is 1.40 bits per heavy atom. The molecule has 0 N–H and O–H groups in total. The van der Waals surface area contributed by atoms with E-state index in [0.717, 1.165) is 24.7 Å². The molecule has 0 amide bonds. The van der Waals surface area contributed by atoms with Crippen LogP contribution in [0.5, 0.6) is 0 Å². The molecule has 0 aromatic heterocycles. The lowest BCUT2D eigenvalue weighted by Crippen LogP contribution is -2.27. The highest BCUT2D eigenvalue weighted by Gasteiger charge is 2.31. The Labute approximate surface area is 89.3 Å². The van der Waals surface area contributed by atoms with E-state index in [1.807, 2.05) is 24.3 Å². The van der Waals surface area contributed by atoms with Gasteiger partial charge in [0.25, 0.3) is 0 Å². The molecule has 2 heteroatoms. The zero-order valence-electron chi connectivity index (χ0n) is 8.77. The standard InChI is InChI=1S/C13H14O2/c1-9(15)11-7-6-10-4-2-3-5-12(10)13(11)8-14/h2-5,8,11,13H,6-7H2,1H3. The molecule has 0 radical (unpaired) electrons. The quantitative estimate of drug-likeness (QED) is 0.688. The predicted molar refractivity (Wildman–Crippen MR) is 57.7 cm³/mol. The van der Waals surface area contributed by atoms with Gasteiger partial charge in [0.15, 0.2) is 0 Å². The average Bonchev–Trinajstić information content (AvgIpc) is 2.27. The number of rotatable bonds is 2. The number of hydrogen-bond donors (Lipinski definition) is 0. The molecule has 0 spiro atoms. The molecule has 0 aliphatic heterocycles. The van der Waals surface area contributed by atoms with Crippen molar-refractivity contribution in [3.8, 4) is 0 Å². The maximum Gasteiger partial charge on any atom is 0.133 e. The number of carbonyl (C=O) groups excluding carboxylic acids is 2. The number of hydrogen-bond acceptors (Lipinski definition) is 2. The van der Waals surface area contributed by atoms with Gasteiger partial charge in [-0.25, -0.2) is 0 Å². The Bertz CT molecular complexity index is 395. The summed E-state index contributed by atoms with van der Waals surface area (Å²) < 4.78 is 0. The van der Waals surface area contributed by atoms with E-state index in [9.17, 15) is 9.59 Å². The molecule has 1 aromatic rings. The molecule has 2 unspecified atom stereocenters. The van der Waals surface area contributed by atoms with Gasteiger partial charge >= 0.3 is 0 Å². The van der Waals surface area contributed by atoms with Gasteiger partial charge in [0.05, 0.1) is 0 Å². The first-order chi connectivity index (χ1) is 7.24. The zero-order valence-corrected chi connectivity index (χ0v) is 8.77. The zero-order chi connectivity index (χ0) is 10.8. The van der Waals surface area contributed by atoms with E-state index in [0.29, 0.717) is 0 Å². The first-order valence-corrected chi connectivity index (χ1v) is 5.27. The van der Waals surface area contributed by atoms with Gasteiger partial charge in [0.2, 0.25) is 0 Å². The highest BCUT2D eigenvalue weighted by atomic mass is 16.1. The van der Waals surface area contributed by atoms with Gasteiger partial charge in [-0.1, -0.05) is 24.3 Å². The molecule has 0 saturated heterocycles. The molecule has 1 aliphatic carbocycles. The fraction of sp³-hybridized carbons (Fsp3) is 0.385. The van der Waals surface area contributed by atoms with Crippen molar-refractivity contribution in [2.75, 3.05) is 0 Å². The molecule has 0 fully saturated rings. The summed E-state index contributed by atoms with van der Waals surface area (Å²) in [6.45, 7) is 1.58. The second-order valence-electron chi connectivity index (χ2n) is 4.12. The Kier molecular flexibility index (Phi) is 2.67. The molecule has 0 heterocycles. The monoisotopic (exact) mass is 202 g/mol. The molecule has 78 valence electrons. The van der Waals surface area contributed by atoms with Crippen LogP contribution in [-0.2, 0) is 16.0 Å². The highest BCUT2D eigenvalue weighted by molar-refractivity contribution is 5.84. The van der Waals surface area contributed by atoms with Crippen molar-refractivity contribution >= 4 is 12.1 Å². The summed E-state index contributed by atoms with van der Waals surface area (Å²) in [5.41, 5.74) is 2.26. The van der Waals surface area contributed by atoms with E-state index in [1.54, 1.807) is 6.92 Å². The number of carbonyl (C=O) groups is 2. The summed E-state index contributed by atoms with van der Waals surface area (Å²) in [5, 5.41) is 0. The van der Waals surface area contributed by atoms with Crippen LogP contribution in [0.4, 0.5) is 0 Å². The van der Waals surface area contributed by atoms with E-state index in [1.165, 1.54) is 5.56 Å². The van der Waals surface area contributed by atoms with Gasteiger partial charge in [0, 0.05) is 11.8 Å². The molecule has 15 heavy (non-hydrogen) atoms. The number of fused-ring (bicyclic) bond motifs is 1. The molecule has 0 saturated carbocycles. The lowest BCUT2D eigenvalue weighted by molar-refractivity contribution is -0.124. The minimum Gasteiger partial charge on any atom is -0.303 e. The summed E-state index contributed by atoms with van der Waals surface area (Å²) in [5.74, 6) is -0.216. The van der Waals surface area contributed by atoms with Crippen LogP contribution < -0.4 is 0 Å². The third kappa shape index (κ3) is 1.72. The molecule has 2 atom stereocenters. The minimum absolute atomic E-state index is 0.114. The minimum atomic E-state index is -0.229. The lowest BCUT2D eigenvalue weighted by atomic mass is 9.74. The molecular weight excluding hydrogens is 188 g/mol. The summed E-state index contributed by atoms with van der Waals surface area (Å²) in [6.07, 6.45) is 2.63. The van der Waals surface area contributed by atoms with Crippen LogP contribution in [0, 0.1) is 5.92 Å². The smallest absolute Gasteiger partial charge is 0.133 e. The topological polar surface area (TPSA) is 34.1 Å². The number of aryl methyl sites for hydroxylation is 1. The fourth-order valence-corrected chi connectivity index (χ4v) is 2.42. The summed E-state index contributed by atoms with van der Waals surface area (Å²) in [4.78, 5) is 22.5. The Morgan fingerprint density at radius 2 is 2.13 bits per heavy atom. The van der Waals surface area contributed by atoms with Crippen molar-refractivity contribution in [2.45, 2.75) is 25.7 Å². The number of aldehydes is 1. The first kappa shape index (κ1) is 10.1. The molecule has 0 bridgehead atoms. The second kappa shape index (κ2) is 3.97. The van der Waals surface area contributed by atoms with Crippen LogP contribution in [0.15, 0.2) is 24.3 Å². The van der Waals surface area contributed by atoms with Crippen molar-refractivity contribution in [1.29, 1.82) is 0 Å². The van der Waals surface area contributed by atoms with E-state index >= 15 is 0 Å². The van der Waals surface area contributed by atoms with Crippen molar-refractivity contribution in [3.05, 3.63) is 35.4 Å². The van der Waals surface area contributed by atoms with Crippen molar-refractivity contribution < 1.29 is 9.59 Å². The van der Waals surface area contributed by atoms with Gasteiger partial charge in [-0.3, -0.25) is 4.79 Å². The highest BCUT2D eigenvalue weighted by Crippen LogP contribution is 2.35. The van der Waals surface area contributed by atoms with E-state index in [2.05, 4.69) is 0 Å². The van der Waals surface area contributed by atoms with Crippen molar-refractivity contribution in [2.24, 2.45) is 5.92 Å². The lowest BCUT2D eigenvalue weighted by Gasteiger charge is -2.28. The van der Waals surface area contributed by atoms with Crippen LogP contribution in [0.1, 0.15) is 30.4 Å². The van der Waals surface area contributed by atoms with Crippen LogP contribution in [-0.4, -0.2) is 12.1 Å². The van der Waals surface area contributed by atoms with E-state index < -0.39 is 0 Å². The van der Waals surface area contributed by atoms with Gasteiger partial charge < -0.3 is 4.79 Å².